The number of anilines is 2. The number of benzene rings is 3. The van der Waals surface area contributed by atoms with E-state index >= 15 is 0 Å². The molecule has 0 fully saturated rings. The molecule has 0 bridgehead atoms. The molecule has 0 heterocycles. The molecule has 0 unspecified atom stereocenters. The van der Waals surface area contributed by atoms with E-state index in [1.54, 1.807) is 55.6 Å². The molecule has 0 spiro atoms. The zero-order chi connectivity index (χ0) is 26.8. The van der Waals surface area contributed by atoms with Gasteiger partial charge in [0, 0.05) is 5.69 Å². The summed E-state index contributed by atoms with van der Waals surface area (Å²) in [4.78, 5) is 24.3. The molecule has 12 heteroatoms. The highest BCUT2D eigenvalue weighted by molar-refractivity contribution is 7.92. The van der Waals surface area contributed by atoms with Crippen molar-refractivity contribution in [3.63, 3.8) is 0 Å². The summed E-state index contributed by atoms with van der Waals surface area (Å²) in [6, 6.07) is 18.6. The van der Waals surface area contributed by atoms with Gasteiger partial charge in [-0.25, -0.2) is 18.2 Å². The van der Waals surface area contributed by atoms with Gasteiger partial charge in [0.1, 0.15) is 23.9 Å². The number of hydrazone groups is 1. The van der Waals surface area contributed by atoms with E-state index in [4.69, 9.17) is 9.47 Å². The molecule has 194 valence electrons. The third-order valence-electron chi connectivity index (χ3n) is 4.84. The summed E-state index contributed by atoms with van der Waals surface area (Å²) >= 11 is 0. The van der Waals surface area contributed by atoms with Crippen molar-refractivity contribution in [3.8, 4) is 11.5 Å². The van der Waals surface area contributed by atoms with E-state index in [1.165, 1.54) is 24.4 Å². The summed E-state index contributed by atoms with van der Waals surface area (Å²) in [6.45, 7) is -0.850. The zero-order valence-electron chi connectivity index (χ0n) is 20.0. The summed E-state index contributed by atoms with van der Waals surface area (Å²) in [6.07, 6.45) is 2.22. The van der Waals surface area contributed by atoms with E-state index in [-0.39, 0.29) is 18.2 Å². The molecule has 2 amide bonds. The van der Waals surface area contributed by atoms with Crippen LogP contribution in [0.15, 0.2) is 77.9 Å². The van der Waals surface area contributed by atoms with Gasteiger partial charge >= 0.3 is 0 Å². The molecular weight excluding hydrogens is 503 g/mol. The van der Waals surface area contributed by atoms with Crippen molar-refractivity contribution in [3.05, 3.63) is 84.2 Å². The fourth-order valence-electron chi connectivity index (χ4n) is 3.05. The van der Waals surface area contributed by atoms with Gasteiger partial charge in [0.25, 0.3) is 11.8 Å². The second-order valence-corrected chi connectivity index (χ2v) is 9.56. The van der Waals surface area contributed by atoms with Crippen molar-refractivity contribution in [2.75, 3.05) is 36.1 Å². The molecule has 10 nitrogen and oxygen atoms in total. The van der Waals surface area contributed by atoms with Crippen LogP contribution in [0, 0.1) is 5.82 Å². The fourth-order valence-corrected chi connectivity index (χ4v) is 3.91. The maximum Gasteiger partial charge on any atom is 0.262 e. The summed E-state index contributed by atoms with van der Waals surface area (Å²) in [5, 5.41) is 6.51. The molecule has 3 aromatic carbocycles. The van der Waals surface area contributed by atoms with E-state index in [9.17, 15) is 22.4 Å². The average Bonchev–Trinajstić information content (AvgIpc) is 2.87. The van der Waals surface area contributed by atoms with E-state index in [1.807, 2.05) is 0 Å². The molecule has 3 rings (SSSR count). The lowest BCUT2D eigenvalue weighted by Crippen LogP contribution is -2.39. The Labute approximate surface area is 213 Å². The highest BCUT2D eigenvalue weighted by Gasteiger charge is 2.23. The average molecular weight is 529 g/mol. The summed E-state index contributed by atoms with van der Waals surface area (Å²) < 4.78 is 49.4. The van der Waals surface area contributed by atoms with Gasteiger partial charge in [-0.3, -0.25) is 13.9 Å². The number of hydrogen-bond acceptors (Lipinski definition) is 7. The monoisotopic (exact) mass is 528 g/mol. The molecule has 0 atom stereocenters. The van der Waals surface area contributed by atoms with Crippen molar-refractivity contribution in [2.24, 2.45) is 5.10 Å². The first-order chi connectivity index (χ1) is 17.7. The fraction of sp³-hybridized carbons (Fsp3) is 0.160. The van der Waals surface area contributed by atoms with Gasteiger partial charge in [0.05, 0.1) is 25.3 Å². The minimum absolute atomic E-state index is 0.200. The van der Waals surface area contributed by atoms with Gasteiger partial charge in [-0.15, -0.1) is 0 Å². The Bertz CT molecular complexity index is 1360. The summed E-state index contributed by atoms with van der Waals surface area (Å²) in [5.74, 6) is -0.745. The van der Waals surface area contributed by atoms with Crippen LogP contribution in [0.4, 0.5) is 15.8 Å². The maximum absolute atomic E-state index is 14.0. The smallest absolute Gasteiger partial charge is 0.262 e. The Hall–Kier alpha value is -4.45. The molecular formula is C25H25FN4O6S. The van der Waals surface area contributed by atoms with Gasteiger partial charge in [-0.05, 0) is 66.2 Å². The largest absolute Gasteiger partial charge is 0.497 e. The Morgan fingerprint density at radius 1 is 0.973 bits per heavy atom. The third-order valence-corrected chi connectivity index (χ3v) is 5.96. The Morgan fingerprint density at radius 3 is 2.24 bits per heavy atom. The molecule has 0 aliphatic rings. The first kappa shape index (κ1) is 27.1. The highest BCUT2D eigenvalue weighted by atomic mass is 32.2. The molecule has 0 aliphatic carbocycles. The van der Waals surface area contributed by atoms with E-state index in [2.05, 4.69) is 15.8 Å². The lowest BCUT2D eigenvalue weighted by molar-refractivity contribution is -0.119. The molecule has 0 radical (unpaired) electrons. The molecule has 3 aromatic rings. The molecule has 0 aliphatic heterocycles. The van der Waals surface area contributed by atoms with E-state index in [0.29, 0.717) is 27.1 Å². The zero-order valence-corrected chi connectivity index (χ0v) is 20.9. The topological polar surface area (TPSA) is 126 Å². The molecule has 0 aromatic heterocycles. The molecule has 0 saturated heterocycles. The first-order valence-electron chi connectivity index (χ1n) is 10.9. The summed E-state index contributed by atoms with van der Waals surface area (Å²) in [5.41, 5.74) is 3.19. The van der Waals surface area contributed by atoms with Crippen LogP contribution in [0.5, 0.6) is 11.5 Å². The van der Waals surface area contributed by atoms with Crippen LogP contribution in [0.2, 0.25) is 0 Å². The van der Waals surface area contributed by atoms with Gasteiger partial charge in [-0.2, -0.15) is 5.10 Å². The van der Waals surface area contributed by atoms with Crippen LogP contribution in [-0.4, -0.2) is 53.0 Å². The van der Waals surface area contributed by atoms with Crippen LogP contribution in [0.25, 0.3) is 0 Å². The lowest BCUT2D eigenvalue weighted by Gasteiger charge is -2.21. The minimum atomic E-state index is -3.92. The van der Waals surface area contributed by atoms with Crippen LogP contribution in [0.1, 0.15) is 5.56 Å². The van der Waals surface area contributed by atoms with Gasteiger partial charge in [0.15, 0.2) is 6.61 Å². The standard InChI is InChI=1S/C25H25FN4O6S/c1-35-20-13-9-19(10-14-20)28-25(32)17-36-21-11-7-18(8-12-21)15-27-29-24(31)16-30(37(2,33)34)23-6-4-3-5-22(23)26/h3-15H,16-17H2,1-2H3,(H,28,32)(H,29,31)/b27-15-. The van der Waals surface area contributed by atoms with Crippen molar-refractivity contribution >= 4 is 39.4 Å². The number of halogens is 1. The number of methoxy groups -OCH3 is 1. The minimum Gasteiger partial charge on any atom is -0.497 e. The van der Waals surface area contributed by atoms with Crippen molar-refractivity contribution in [2.45, 2.75) is 0 Å². The number of rotatable bonds is 11. The number of para-hydroxylation sites is 1. The van der Waals surface area contributed by atoms with Crippen molar-refractivity contribution in [1.29, 1.82) is 0 Å². The van der Waals surface area contributed by atoms with Crippen LogP contribution >= 0.6 is 0 Å². The van der Waals surface area contributed by atoms with Gasteiger partial charge < -0.3 is 14.8 Å². The number of carbonyl (C=O) groups is 2. The summed E-state index contributed by atoms with van der Waals surface area (Å²) in [7, 11) is -2.36. The van der Waals surface area contributed by atoms with E-state index < -0.39 is 28.3 Å². The molecule has 2 N–H and O–H groups in total. The second kappa shape index (κ2) is 12.5. The highest BCUT2D eigenvalue weighted by Crippen LogP contribution is 2.21. The Kier molecular flexibility index (Phi) is 9.16. The Balaban J connectivity index is 1.49. The van der Waals surface area contributed by atoms with Crippen LogP contribution in [0.3, 0.4) is 0 Å². The van der Waals surface area contributed by atoms with Crippen LogP contribution < -0.4 is 24.5 Å². The quantitative estimate of drug-likeness (QED) is 0.291. The third kappa shape index (κ3) is 8.32. The molecule has 0 saturated carbocycles. The SMILES string of the molecule is COc1ccc(NC(=O)COc2ccc(/C=N\NC(=O)CN(c3ccccc3F)S(C)(=O)=O)cc2)cc1. The van der Waals surface area contributed by atoms with Gasteiger partial charge in [0.2, 0.25) is 10.0 Å². The number of nitrogens with zero attached hydrogens (tertiary/aromatic N) is 2. The van der Waals surface area contributed by atoms with Crippen molar-refractivity contribution < 1.29 is 31.9 Å². The van der Waals surface area contributed by atoms with Crippen LogP contribution in [-0.2, 0) is 19.6 Å². The first-order valence-corrected chi connectivity index (χ1v) is 12.7. The number of hydrogen-bond donors (Lipinski definition) is 2. The predicted molar refractivity (Wildman–Crippen MR) is 138 cm³/mol. The number of nitrogens with one attached hydrogen (secondary N) is 2. The predicted octanol–water partition coefficient (Wildman–Crippen LogP) is 2.77. The number of carbonyl (C=O) groups excluding carboxylic acids is 2. The number of sulfonamides is 1. The van der Waals surface area contributed by atoms with Gasteiger partial charge in [-0.1, -0.05) is 12.1 Å². The van der Waals surface area contributed by atoms with Crippen molar-refractivity contribution in [1.82, 2.24) is 5.43 Å². The normalized spacial score (nSPS) is 11.1. The lowest BCUT2D eigenvalue weighted by atomic mass is 10.2. The molecule has 37 heavy (non-hydrogen) atoms. The second-order valence-electron chi connectivity index (χ2n) is 7.65. The maximum atomic E-state index is 14.0. The number of ether oxygens (including phenoxy) is 2. The number of amides is 2. The van der Waals surface area contributed by atoms with E-state index in [0.717, 1.165) is 12.3 Å². The Morgan fingerprint density at radius 2 is 1.62 bits per heavy atom.